The summed E-state index contributed by atoms with van der Waals surface area (Å²) >= 11 is 0. The van der Waals surface area contributed by atoms with Crippen molar-refractivity contribution in [2.75, 3.05) is 11.9 Å². The van der Waals surface area contributed by atoms with Crippen LogP contribution in [0.5, 0.6) is 5.75 Å². The van der Waals surface area contributed by atoms with Crippen LogP contribution in [0.25, 0.3) is 11.1 Å². The monoisotopic (exact) mass is 542 g/mol. The number of halogens is 1. The number of hydrogen-bond donors (Lipinski definition) is 3. The maximum absolute atomic E-state index is 13.5. The van der Waals surface area contributed by atoms with Crippen LogP contribution in [-0.2, 0) is 5.54 Å². The van der Waals surface area contributed by atoms with Gasteiger partial charge in [0.2, 0.25) is 0 Å². The second-order valence-corrected chi connectivity index (χ2v) is 11.3. The highest BCUT2D eigenvalue weighted by molar-refractivity contribution is 5.95. The fourth-order valence-electron chi connectivity index (χ4n) is 6.12. The second-order valence-electron chi connectivity index (χ2n) is 11.3. The molecule has 0 bridgehead atoms. The number of phenols is 1. The number of carbonyl (C=O) groups is 1. The lowest BCUT2D eigenvalue weighted by Crippen LogP contribution is -2.44. The zero-order chi connectivity index (χ0) is 28.5. The van der Waals surface area contributed by atoms with Crippen LogP contribution in [0.15, 0.2) is 79.0 Å². The predicted molar refractivity (Wildman–Crippen MR) is 163 cm³/mol. The summed E-state index contributed by atoms with van der Waals surface area (Å²) in [6.07, 6.45) is 10.9. The Bertz CT molecular complexity index is 1300. The Morgan fingerprint density at radius 3 is 2.45 bits per heavy atom. The van der Waals surface area contributed by atoms with Crippen molar-refractivity contribution in [2.45, 2.75) is 77.2 Å². The quantitative estimate of drug-likeness (QED) is 0.178. The molecule has 4 rings (SSSR count). The van der Waals surface area contributed by atoms with Crippen LogP contribution in [0.1, 0.15) is 87.6 Å². The first-order valence-electron chi connectivity index (χ1n) is 14.7. The van der Waals surface area contributed by atoms with E-state index in [1.807, 2.05) is 24.3 Å². The molecule has 5 heteroatoms. The van der Waals surface area contributed by atoms with E-state index < -0.39 is 5.82 Å². The molecule has 1 unspecified atom stereocenters. The predicted octanol–water partition coefficient (Wildman–Crippen LogP) is 8.97. The van der Waals surface area contributed by atoms with Gasteiger partial charge in [-0.3, -0.25) is 4.79 Å². The van der Waals surface area contributed by atoms with Gasteiger partial charge < -0.3 is 15.7 Å². The van der Waals surface area contributed by atoms with Crippen molar-refractivity contribution < 1.29 is 14.3 Å². The van der Waals surface area contributed by atoms with Crippen LogP contribution in [0.2, 0.25) is 0 Å². The molecule has 0 spiro atoms. The van der Waals surface area contributed by atoms with Gasteiger partial charge in [-0.05, 0) is 60.6 Å². The van der Waals surface area contributed by atoms with Crippen LogP contribution in [0.4, 0.5) is 10.1 Å². The average molecular weight is 543 g/mol. The Kier molecular flexibility index (Phi) is 10.2. The van der Waals surface area contributed by atoms with Crippen molar-refractivity contribution in [3.05, 3.63) is 96.0 Å². The number of carbonyl (C=O) groups excluding carboxylic acids is 1. The van der Waals surface area contributed by atoms with E-state index in [0.29, 0.717) is 12.2 Å². The largest absolute Gasteiger partial charge is 0.505 e. The molecule has 40 heavy (non-hydrogen) atoms. The van der Waals surface area contributed by atoms with Crippen molar-refractivity contribution >= 4 is 11.5 Å². The van der Waals surface area contributed by atoms with Gasteiger partial charge in [0.15, 0.2) is 17.3 Å². The van der Waals surface area contributed by atoms with Gasteiger partial charge in [0.25, 0.3) is 0 Å². The van der Waals surface area contributed by atoms with Crippen LogP contribution in [0.3, 0.4) is 0 Å². The van der Waals surface area contributed by atoms with Crippen molar-refractivity contribution in [2.24, 2.45) is 5.92 Å². The van der Waals surface area contributed by atoms with E-state index >= 15 is 0 Å². The fraction of sp³-hybridized carbons (Fsp3) is 0.400. The summed E-state index contributed by atoms with van der Waals surface area (Å²) in [7, 11) is 0. The number of phenolic OH excluding ortho intramolecular Hbond substituents is 1. The maximum atomic E-state index is 13.5. The van der Waals surface area contributed by atoms with E-state index in [-0.39, 0.29) is 17.1 Å². The first-order valence-corrected chi connectivity index (χ1v) is 14.7. The fourth-order valence-corrected chi connectivity index (χ4v) is 6.12. The summed E-state index contributed by atoms with van der Waals surface area (Å²) in [5.41, 5.74) is 5.23. The summed E-state index contributed by atoms with van der Waals surface area (Å²) in [6.45, 7) is 8.56. The molecule has 1 fully saturated rings. The van der Waals surface area contributed by atoms with Gasteiger partial charge in [-0.25, -0.2) is 4.39 Å². The van der Waals surface area contributed by atoms with Gasteiger partial charge in [-0.1, -0.05) is 101 Å². The van der Waals surface area contributed by atoms with E-state index in [0.717, 1.165) is 54.0 Å². The number of Topliss-reactive ketones (excluding diaryl/α,β-unsaturated/α-hetero) is 1. The van der Waals surface area contributed by atoms with Crippen LogP contribution >= 0.6 is 0 Å². The Morgan fingerprint density at radius 1 is 1.02 bits per heavy atom. The molecule has 212 valence electrons. The van der Waals surface area contributed by atoms with E-state index in [9.17, 15) is 14.3 Å². The zero-order valence-corrected chi connectivity index (χ0v) is 23.9. The SMILES string of the molecule is C=C(CNC(CCC)(CCCC1CCCC1)c1ccc(-c2cccc(C(C)=O)c2)cc1)Nc1ccc(F)c(O)c1. The van der Waals surface area contributed by atoms with Crippen molar-refractivity contribution in [1.82, 2.24) is 5.32 Å². The van der Waals surface area contributed by atoms with Gasteiger partial charge in [0.05, 0.1) is 0 Å². The molecule has 1 aliphatic carbocycles. The van der Waals surface area contributed by atoms with Crippen LogP contribution < -0.4 is 10.6 Å². The van der Waals surface area contributed by atoms with Crippen molar-refractivity contribution in [3.8, 4) is 16.9 Å². The molecule has 3 aromatic carbocycles. The van der Waals surface area contributed by atoms with Gasteiger partial charge in [-0.15, -0.1) is 0 Å². The van der Waals surface area contributed by atoms with Crippen molar-refractivity contribution in [3.63, 3.8) is 0 Å². The third-order valence-corrected chi connectivity index (χ3v) is 8.31. The number of ketones is 1. The van der Waals surface area contributed by atoms with E-state index in [2.05, 4.69) is 48.4 Å². The number of nitrogens with one attached hydrogen (secondary N) is 2. The lowest BCUT2D eigenvalue weighted by Gasteiger charge is -2.37. The smallest absolute Gasteiger partial charge is 0.164 e. The van der Waals surface area contributed by atoms with Gasteiger partial charge in [0.1, 0.15) is 0 Å². The standard InChI is InChI=1S/C35H43FN2O2/c1-4-20-35(21-8-11-27-9-5-6-10-27,37-24-25(2)38-32-18-19-33(36)34(40)23-32)31-16-14-28(15-17-31)30-13-7-12-29(22-30)26(3)39/h7,12-19,22-23,27,37-38,40H,2,4-6,8-11,20-21,24H2,1,3H3. The molecular formula is C35H43FN2O2. The minimum absolute atomic E-state index is 0.0663. The van der Waals surface area contributed by atoms with Crippen LogP contribution in [-0.4, -0.2) is 17.4 Å². The topological polar surface area (TPSA) is 61.4 Å². The summed E-state index contributed by atoms with van der Waals surface area (Å²) in [4.78, 5) is 11.9. The minimum atomic E-state index is -0.644. The number of benzene rings is 3. The van der Waals surface area contributed by atoms with E-state index in [4.69, 9.17) is 0 Å². The number of anilines is 1. The van der Waals surface area contributed by atoms with Gasteiger partial charge in [0, 0.05) is 35.1 Å². The molecule has 0 amide bonds. The zero-order valence-electron chi connectivity index (χ0n) is 23.9. The lowest BCUT2D eigenvalue weighted by atomic mass is 9.79. The molecule has 0 radical (unpaired) electrons. The summed E-state index contributed by atoms with van der Waals surface area (Å²) in [5, 5.41) is 16.8. The van der Waals surface area contributed by atoms with Gasteiger partial charge in [-0.2, -0.15) is 0 Å². The highest BCUT2D eigenvalue weighted by Crippen LogP contribution is 2.37. The molecule has 1 aliphatic rings. The molecular weight excluding hydrogens is 499 g/mol. The number of rotatable bonds is 14. The number of aromatic hydroxyl groups is 1. The number of hydrogen-bond acceptors (Lipinski definition) is 4. The molecule has 1 atom stereocenters. The first-order chi connectivity index (χ1) is 19.3. The van der Waals surface area contributed by atoms with Crippen LogP contribution in [0, 0.1) is 11.7 Å². The van der Waals surface area contributed by atoms with Gasteiger partial charge >= 0.3 is 0 Å². The normalized spacial score (nSPS) is 15.1. The molecule has 3 aromatic rings. The maximum Gasteiger partial charge on any atom is 0.164 e. The third kappa shape index (κ3) is 7.60. The minimum Gasteiger partial charge on any atom is -0.505 e. The molecule has 0 saturated heterocycles. The third-order valence-electron chi connectivity index (χ3n) is 8.31. The molecule has 0 aromatic heterocycles. The first kappa shape index (κ1) is 29.5. The van der Waals surface area contributed by atoms with E-state index in [1.54, 1.807) is 13.0 Å². The highest BCUT2D eigenvalue weighted by Gasteiger charge is 2.31. The Balaban J connectivity index is 1.55. The summed E-state index contributed by atoms with van der Waals surface area (Å²) in [5.74, 6) is -0.114. The Morgan fingerprint density at radius 2 is 1.77 bits per heavy atom. The molecule has 0 aliphatic heterocycles. The molecule has 3 N–H and O–H groups in total. The Hall–Kier alpha value is -3.44. The van der Waals surface area contributed by atoms with E-state index in [1.165, 1.54) is 49.8 Å². The molecule has 4 nitrogen and oxygen atoms in total. The second kappa shape index (κ2) is 13.8. The lowest BCUT2D eigenvalue weighted by molar-refractivity contribution is 0.101. The highest BCUT2D eigenvalue weighted by atomic mass is 19.1. The summed E-state index contributed by atoms with van der Waals surface area (Å²) < 4.78 is 13.5. The Labute approximate surface area is 238 Å². The van der Waals surface area contributed by atoms with Crippen molar-refractivity contribution in [1.29, 1.82) is 0 Å². The molecule has 1 saturated carbocycles. The summed E-state index contributed by atoms with van der Waals surface area (Å²) in [6, 6.07) is 20.8. The molecule has 0 heterocycles. The average Bonchev–Trinajstić information content (AvgIpc) is 3.47.